The molecule has 2 rings (SSSR count). The number of fused-ring (bicyclic) bond motifs is 2. The fraction of sp³-hybridized carbons (Fsp3) is 0.875. The number of rotatable bonds is 1. The molecule has 0 aromatic rings. The average molecular weight is 158 g/mol. The van der Waals surface area contributed by atoms with Crippen LogP contribution in [-0.4, -0.2) is 17.2 Å². The van der Waals surface area contributed by atoms with E-state index in [4.69, 9.17) is 5.11 Å². The number of halogens is 1. The van der Waals surface area contributed by atoms with Crippen molar-refractivity contribution in [1.29, 1.82) is 0 Å². The average Bonchev–Trinajstić information content (AvgIpc) is 2.46. The quantitative estimate of drug-likeness (QED) is 0.627. The normalized spacial score (nSPS) is 48.1. The molecule has 3 heteroatoms. The zero-order valence-electron chi connectivity index (χ0n) is 6.16. The Labute approximate surface area is 64.4 Å². The second-order valence-corrected chi connectivity index (χ2v) is 3.63. The lowest BCUT2D eigenvalue weighted by atomic mass is 9.89. The van der Waals surface area contributed by atoms with Crippen molar-refractivity contribution in [2.45, 2.75) is 25.4 Å². The fourth-order valence-corrected chi connectivity index (χ4v) is 2.53. The van der Waals surface area contributed by atoms with Crippen LogP contribution in [0.4, 0.5) is 4.39 Å². The summed E-state index contributed by atoms with van der Waals surface area (Å²) in [5.74, 6) is -1.30. The van der Waals surface area contributed by atoms with Gasteiger partial charge in [-0.15, -0.1) is 0 Å². The Morgan fingerprint density at radius 2 is 2.18 bits per heavy atom. The Bertz CT molecular complexity index is 193. The standard InChI is InChI=1S/C8H11FO2/c9-7-4-1-2-5(7)6(3-4)8(10)11/h4-7H,1-3H2,(H,10,11)/t4-,5-,6+,7+/m1/s1. The van der Waals surface area contributed by atoms with E-state index in [9.17, 15) is 9.18 Å². The lowest BCUT2D eigenvalue weighted by Gasteiger charge is -2.15. The van der Waals surface area contributed by atoms with E-state index in [2.05, 4.69) is 0 Å². The minimum atomic E-state index is -0.823. The molecule has 2 nitrogen and oxygen atoms in total. The number of carbonyl (C=O) groups is 1. The Morgan fingerprint density at radius 1 is 1.45 bits per heavy atom. The predicted molar refractivity (Wildman–Crippen MR) is 36.9 cm³/mol. The van der Waals surface area contributed by atoms with Crippen molar-refractivity contribution in [2.75, 3.05) is 0 Å². The van der Waals surface area contributed by atoms with Crippen LogP contribution in [0.3, 0.4) is 0 Å². The van der Waals surface area contributed by atoms with E-state index < -0.39 is 12.1 Å². The van der Waals surface area contributed by atoms with Crippen molar-refractivity contribution in [2.24, 2.45) is 17.8 Å². The Kier molecular flexibility index (Phi) is 1.41. The molecular formula is C8H11FO2. The van der Waals surface area contributed by atoms with Gasteiger partial charge in [-0.25, -0.2) is 4.39 Å². The van der Waals surface area contributed by atoms with Crippen molar-refractivity contribution in [3.63, 3.8) is 0 Å². The molecule has 0 aromatic heterocycles. The molecule has 0 unspecified atom stereocenters. The molecule has 4 atom stereocenters. The van der Waals surface area contributed by atoms with Crippen LogP contribution >= 0.6 is 0 Å². The smallest absolute Gasteiger partial charge is 0.306 e. The third-order valence-electron chi connectivity index (χ3n) is 3.12. The summed E-state index contributed by atoms with van der Waals surface area (Å²) in [5, 5.41) is 8.69. The number of carboxylic acid groups (broad SMARTS) is 1. The van der Waals surface area contributed by atoms with E-state index >= 15 is 0 Å². The largest absolute Gasteiger partial charge is 0.481 e. The summed E-state index contributed by atoms with van der Waals surface area (Å²) in [6, 6.07) is 0. The zero-order valence-corrected chi connectivity index (χ0v) is 6.16. The lowest BCUT2D eigenvalue weighted by molar-refractivity contribution is -0.143. The van der Waals surface area contributed by atoms with Gasteiger partial charge in [-0.05, 0) is 25.2 Å². The third-order valence-corrected chi connectivity index (χ3v) is 3.12. The summed E-state index contributed by atoms with van der Waals surface area (Å²) in [6.07, 6.45) is 1.43. The van der Waals surface area contributed by atoms with E-state index in [1.807, 2.05) is 0 Å². The number of alkyl halides is 1. The summed E-state index contributed by atoms with van der Waals surface area (Å²) >= 11 is 0. The molecule has 1 N–H and O–H groups in total. The van der Waals surface area contributed by atoms with Crippen molar-refractivity contribution >= 4 is 5.97 Å². The molecule has 0 heterocycles. The highest BCUT2D eigenvalue weighted by Gasteiger charge is 2.51. The molecule has 0 amide bonds. The summed E-state index contributed by atoms with van der Waals surface area (Å²) < 4.78 is 13.1. The maximum absolute atomic E-state index is 13.1. The van der Waals surface area contributed by atoms with Gasteiger partial charge in [0.05, 0.1) is 5.92 Å². The van der Waals surface area contributed by atoms with Crippen LogP contribution in [0.1, 0.15) is 19.3 Å². The molecule has 0 radical (unpaired) electrons. The molecule has 2 fully saturated rings. The van der Waals surface area contributed by atoms with Gasteiger partial charge in [0.2, 0.25) is 0 Å². The monoisotopic (exact) mass is 158 g/mol. The third kappa shape index (κ3) is 0.865. The molecule has 11 heavy (non-hydrogen) atoms. The first-order valence-electron chi connectivity index (χ1n) is 4.07. The maximum atomic E-state index is 13.1. The molecule has 2 aliphatic carbocycles. The minimum Gasteiger partial charge on any atom is -0.481 e. The van der Waals surface area contributed by atoms with Gasteiger partial charge >= 0.3 is 5.97 Å². The van der Waals surface area contributed by atoms with E-state index in [1.54, 1.807) is 0 Å². The zero-order chi connectivity index (χ0) is 8.01. The second-order valence-electron chi connectivity index (χ2n) is 3.63. The molecule has 0 spiro atoms. The molecular weight excluding hydrogens is 147 g/mol. The first kappa shape index (κ1) is 7.07. The summed E-state index contributed by atoms with van der Waals surface area (Å²) in [6.45, 7) is 0. The van der Waals surface area contributed by atoms with E-state index in [-0.39, 0.29) is 17.8 Å². The van der Waals surface area contributed by atoms with E-state index in [1.165, 1.54) is 0 Å². The van der Waals surface area contributed by atoms with Gasteiger partial charge < -0.3 is 5.11 Å². The van der Waals surface area contributed by atoms with Crippen LogP contribution in [0.2, 0.25) is 0 Å². The van der Waals surface area contributed by atoms with Gasteiger partial charge in [-0.3, -0.25) is 4.79 Å². The molecule has 0 aromatic carbocycles. The van der Waals surface area contributed by atoms with Gasteiger partial charge in [-0.2, -0.15) is 0 Å². The first-order chi connectivity index (χ1) is 5.20. The summed E-state index contributed by atoms with van der Waals surface area (Å²) in [5.41, 5.74) is 0. The van der Waals surface area contributed by atoms with Crippen molar-refractivity contribution in [1.82, 2.24) is 0 Å². The summed E-state index contributed by atoms with van der Waals surface area (Å²) in [4.78, 5) is 10.6. The Hall–Kier alpha value is -0.600. The van der Waals surface area contributed by atoms with Crippen LogP contribution in [0.25, 0.3) is 0 Å². The molecule has 2 saturated carbocycles. The van der Waals surface area contributed by atoms with Gasteiger partial charge in [0.25, 0.3) is 0 Å². The highest BCUT2D eigenvalue weighted by molar-refractivity contribution is 5.71. The topological polar surface area (TPSA) is 37.3 Å². The van der Waals surface area contributed by atoms with Crippen LogP contribution in [-0.2, 0) is 4.79 Å². The number of carboxylic acids is 1. The second kappa shape index (κ2) is 2.19. The van der Waals surface area contributed by atoms with Gasteiger partial charge in [0.15, 0.2) is 0 Å². The first-order valence-corrected chi connectivity index (χ1v) is 4.07. The van der Waals surface area contributed by atoms with Gasteiger partial charge in [0.1, 0.15) is 6.17 Å². The summed E-state index contributed by atoms with van der Waals surface area (Å²) in [7, 11) is 0. The van der Waals surface area contributed by atoms with Crippen LogP contribution < -0.4 is 0 Å². The van der Waals surface area contributed by atoms with Crippen LogP contribution in [0.15, 0.2) is 0 Å². The van der Waals surface area contributed by atoms with Crippen molar-refractivity contribution in [3.8, 4) is 0 Å². The van der Waals surface area contributed by atoms with E-state index in [0.29, 0.717) is 6.42 Å². The SMILES string of the molecule is O=C(O)[C@H]1C[C@H]2CC[C@H]1[C@H]2F. The number of aliphatic carboxylic acids is 1. The molecule has 2 bridgehead atoms. The molecule has 0 aliphatic heterocycles. The molecule has 0 saturated heterocycles. The fourth-order valence-electron chi connectivity index (χ4n) is 2.53. The van der Waals surface area contributed by atoms with Crippen LogP contribution in [0, 0.1) is 17.8 Å². The lowest BCUT2D eigenvalue weighted by Crippen LogP contribution is -2.21. The van der Waals surface area contributed by atoms with Crippen LogP contribution in [0.5, 0.6) is 0 Å². The number of hydrogen-bond acceptors (Lipinski definition) is 1. The molecule has 2 aliphatic rings. The highest BCUT2D eigenvalue weighted by Crippen LogP contribution is 2.50. The Morgan fingerprint density at radius 3 is 2.45 bits per heavy atom. The molecule has 62 valence electrons. The van der Waals surface area contributed by atoms with Gasteiger partial charge in [-0.1, -0.05) is 0 Å². The maximum Gasteiger partial charge on any atom is 0.306 e. The highest BCUT2D eigenvalue weighted by atomic mass is 19.1. The van der Waals surface area contributed by atoms with E-state index in [0.717, 1.165) is 12.8 Å². The predicted octanol–water partition coefficient (Wildman–Crippen LogP) is 1.46. The van der Waals surface area contributed by atoms with Gasteiger partial charge in [0, 0.05) is 5.92 Å². The van der Waals surface area contributed by atoms with Crippen molar-refractivity contribution < 1.29 is 14.3 Å². The Balaban J connectivity index is 2.14. The minimum absolute atomic E-state index is 0.0566. The number of hydrogen-bond donors (Lipinski definition) is 1. The van der Waals surface area contributed by atoms with Crippen molar-refractivity contribution in [3.05, 3.63) is 0 Å².